The fourth-order valence-electron chi connectivity index (χ4n) is 2.04. The summed E-state index contributed by atoms with van der Waals surface area (Å²) in [7, 11) is 0. The molecule has 1 aliphatic rings. The Morgan fingerprint density at radius 1 is 1.56 bits per heavy atom. The monoisotopic (exact) mass is 283 g/mol. The molecule has 0 radical (unpaired) electrons. The summed E-state index contributed by atoms with van der Waals surface area (Å²) in [4.78, 5) is 13.6. The van der Waals surface area contributed by atoms with Gasteiger partial charge in [-0.1, -0.05) is 34.1 Å². The maximum absolute atomic E-state index is 11.9. The zero-order valence-corrected chi connectivity index (χ0v) is 10.7. The second-order valence-corrected chi connectivity index (χ2v) is 4.65. The molecule has 16 heavy (non-hydrogen) atoms. The number of para-hydroxylation sites is 1. The molecule has 0 spiro atoms. The van der Waals surface area contributed by atoms with Crippen molar-refractivity contribution in [3.63, 3.8) is 0 Å². The number of ether oxygens (including phenoxy) is 1. The van der Waals surface area contributed by atoms with Crippen LogP contribution in [0.3, 0.4) is 0 Å². The van der Waals surface area contributed by atoms with Crippen molar-refractivity contribution in [3.05, 3.63) is 29.8 Å². The Kier molecular flexibility index (Phi) is 3.49. The first-order chi connectivity index (χ1) is 7.74. The summed E-state index contributed by atoms with van der Waals surface area (Å²) in [6.07, 6.45) is 0.649. The van der Waals surface area contributed by atoms with Gasteiger partial charge in [-0.15, -0.1) is 0 Å². The first-order valence-electron chi connectivity index (χ1n) is 5.34. The number of hydrogen-bond acceptors (Lipinski definition) is 2. The molecule has 1 aliphatic heterocycles. The molecule has 0 bridgehead atoms. The number of carbonyl (C=O) groups excluding carboxylic acids is 1. The second kappa shape index (κ2) is 4.87. The number of amides is 1. The van der Waals surface area contributed by atoms with Crippen LogP contribution in [-0.4, -0.2) is 24.1 Å². The molecule has 2 rings (SSSR count). The number of hydrogen-bond donors (Lipinski definition) is 0. The standard InChI is InChI=1S/C12H14BrNO2/c1-9-8-10-4-2-3-5-11(10)14(9)12(15)16-7-6-13/h2-5,9H,6-8H2,1H3/t9-/m0/s1. The highest BCUT2D eigenvalue weighted by atomic mass is 79.9. The van der Waals surface area contributed by atoms with Crippen LogP contribution in [0.25, 0.3) is 0 Å². The van der Waals surface area contributed by atoms with Crippen molar-refractivity contribution in [3.8, 4) is 0 Å². The Balaban J connectivity index is 2.18. The van der Waals surface area contributed by atoms with E-state index in [4.69, 9.17) is 4.74 Å². The van der Waals surface area contributed by atoms with Gasteiger partial charge < -0.3 is 4.74 Å². The fourth-order valence-corrected chi connectivity index (χ4v) is 2.20. The van der Waals surface area contributed by atoms with E-state index in [0.717, 1.165) is 12.1 Å². The van der Waals surface area contributed by atoms with Crippen molar-refractivity contribution < 1.29 is 9.53 Å². The highest BCUT2D eigenvalue weighted by Crippen LogP contribution is 2.32. The summed E-state index contributed by atoms with van der Waals surface area (Å²) in [5, 5.41) is 0.669. The fraction of sp³-hybridized carbons (Fsp3) is 0.417. The molecule has 1 amide bonds. The van der Waals surface area contributed by atoms with Crippen molar-refractivity contribution in [1.29, 1.82) is 0 Å². The molecule has 0 aromatic heterocycles. The molecule has 1 atom stereocenters. The van der Waals surface area contributed by atoms with Crippen LogP contribution in [0, 0.1) is 0 Å². The summed E-state index contributed by atoms with van der Waals surface area (Å²) in [5.74, 6) is 0. The van der Waals surface area contributed by atoms with Gasteiger partial charge in [0.05, 0.1) is 5.69 Å². The smallest absolute Gasteiger partial charge is 0.414 e. The molecule has 86 valence electrons. The van der Waals surface area contributed by atoms with Gasteiger partial charge >= 0.3 is 6.09 Å². The number of nitrogens with zero attached hydrogens (tertiary/aromatic N) is 1. The van der Waals surface area contributed by atoms with Gasteiger partial charge in [0.1, 0.15) is 6.61 Å². The summed E-state index contributed by atoms with van der Waals surface area (Å²) < 4.78 is 5.14. The Morgan fingerprint density at radius 3 is 3.06 bits per heavy atom. The van der Waals surface area contributed by atoms with Gasteiger partial charge in [-0.2, -0.15) is 0 Å². The van der Waals surface area contributed by atoms with Gasteiger partial charge in [0.15, 0.2) is 0 Å². The molecule has 3 nitrogen and oxygen atoms in total. The maximum Gasteiger partial charge on any atom is 0.414 e. The molecular weight excluding hydrogens is 270 g/mol. The molecule has 0 unspecified atom stereocenters. The minimum absolute atomic E-state index is 0.181. The number of benzene rings is 1. The van der Waals surface area contributed by atoms with E-state index in [2.05, 4.69) is 22.0 Å². The summed E-state index contributed by atoms with van der Waals surface area (Å²) in [6, 6.07) is 8.15. The molecule has 0 aliphatic carbocycles. The predicted octanol–water partition coefficient (Wildman–Crippen LogP) is 2.97. The third-order valence-electron chi connectivity index (χ3n) is 2.71. The topological polar surface area (TPSA) is 29.5 Å². The van der Waals surface area contributed by atoms with E-state index in [1.54, 1.807) is 4.90 Å². The number of rotatable bonds is 2. The summed E-state index contributed by atoms with van der Waals surface area (Å²) in [5.41, 5.74) is 2.19. The Bertz CT molecular complexity index is 394. The van der Waals surface area contributed by atoms with Gasteiger partial charge in [-0.05, 0) is 25.0 Å². The van der Waals surface area contributed by atoms with E-state index in [1.165, 1.54) is 5.56 Å². The Labute approximate surface area is 104 Å². The lowest BCUT2D eigenvalue weighted by Gasteiger charge is -2.21. The third-order valence-corrected chi connectivity index (χ3v) is 3.03. The number of fused-ring (bicyclic) bond motifs is 1. The summed E-state index contributed by atoms with van der Waals surface area (Å²) in [6.45, 7) is 2.44. The average Bonchev–Trinajstić information content (AvgIpc) is 2.62. The van der Waals surface area contributed by atoms with Gasteiger partial charge in [-0.3, -0.25) is 4.90 Å². The third kappa shape index (κ3) is 2.07. The molecule has 0 saturated heterocycles. The van der Waals surface area contributed by atoms with Gasteiger partial charge in [0.2, 0.25) is 0 Å². The minimum Gasteiger partial charge on any atom is -0.448 e. The second-order valence-electron chi connectivity index (χ2n) is 3.86. The van der Waals surface area contributed by atoms with Crippen molar-refractivity contribution in [1.82, 2.24) is 0 Å². The molecule has 1 aromatic carbocycles. The average molecular weight is 284 g/mol. The number of alkyl halides is 1. The molecule has 4 heteroatoms. The van der Waals surface area contributed by atoms with E-state index in [-0.39, 0.29) is 12.1 Å². The Morgan fingerprint density at radius 2 is 2.31 bits per heavy atom. The number of halogens is 1. The van der Waals surface area contributed by atoms with E-state index in [1.807, 2.05) is 25.1 Å². The van der Waals surface area contributed by atoms with Crippen molar-refractivity contribution in [2.75, 3.05) is 16.8 Å². The van der Waals surface area contributed by atoms with Crippen molar-refractivity contribution in [2.45, 2.75) is 19.4 Å². The van der Waals surface area contributed by atoms with Gasteiger partial charge in [0.25, 0.3) is 0 Å². The van der Waals surface area contributed by atoms with Crippen molar-refractivity contribution in [2.24, 2.45) is 0 Å². The molecule has 0 fully saturated rings. The van der Waals surface area contributed by atoms with Crippen LogP contribution in [-0.2, 0) is 11.2 Å². The van der Waals surface area contributed by atoms with E-state index >= 15 is 0 Å². The quantitative estimate of drug-likeness (QED) is 0.781. The molecule has 1 aromatic rings. The normalized spacial score (nSPS) is 18.4. The largest absolute Gasteiger partial charge is 0.448 e. The van der Waals surface area contributed by atoms with Crippen LogP contribution in [0.5, 0.6) is 0 Å². The lowest BCUT2D eigenvalue weighted by Crippen LogP contribution is -2.36. The lowest BCUT2D eigenvalue weighted by atomic mass is 10.1. The highest BCUT2D eigenvalue weighted by Gasteiger charge is 2.31. The number of anilines is 1. The minimum atomic E-state index is -0.253. The van der Waals surface area contributed by atoms with E-state index in [0.29, 0.717) is 11.9 Å². The summed E-state index contributed by atoms with van der Waals surface area (Å²) >= 11 is 3.24. The zero-order valence-electron chi connectivity index (χ0n) is 9.15. The highest BCUT2D eigenvalue weighted by molar-refractivity contribution is 9.09. The van der Waals surface area contributed by atoms with Crippen LogP contribution < -0.4 is 4.90 Å². The van der Waals surface area contributed by atoms with Crippen LogP contribution in [0.2, 0.25) is 0 Å². The van der Waals surface area contributed by atoms with Gasteiger partial charge in [0, 0.05) is 11.4 Å². The van der Waals surface area contributed by atoms with E-state index in [9.17, 15) is 4.79 Å². The van der Waals surface area contributed by atoms with Crippen LogP contribution in [0.1, 0.15) is 12.5 Å². The lowest BCUT2D eigenvalue weighted by molar-refractivity contribution is 0.159. The SMILES string of the molecule is C[C@H]1Cc2ccccc2N1C(=O)OCCBr. The van der Waals surface area contributed by atoms with Crippen LogP contribution in [0.15, 0.2) is 24.3 Å². The predicted molar refractivity (Wildman–Crippen MR) is 67.2 cm³/mol. The molecule has 0 saturated carbocycles. The van der Waals surface area contributed by atoms with Crippen molar-refractivity contribution >= 4 is 27.7 Å². The van der Waals surface area contributed by atoms with Crippen LogP contribution >= 0.6 is 15.9 Å². The molecule has 0 N–H and O–H groups in total. The molecular formula is C12H14BrNO2. The van der Waals surface area contributed by atoms with E-state index < -0.39 is 0 Å². The number of carbonyl (C=O) groups is 1. The van der Waals surface area contributed by atoms with Gasteiger partial charge in [-0.25, -0.2) is 4.79 Å². The first-order valence-corrected chi connectivity index (χ1v) is 6.46. The zero-order chi connectivity index (χ0) is 11.5. The van der Waals surface area contributed by atoms with Crippen LogP contribution in [0.4, 0.5) is 10.5 Å². The maximum atomic E-state index is 11.9. The Hall–Kier alpha value is -1.03. The first kappa shape index (κ1) is 11.5. The molecule has 1 heterocycles.